The standard InChI is InChI=1S/C23H16BrN3O6/c24-18-10-5-16(6-11-18)22(29)26-25-21(28)14-9-15-3-1-2-4-20(15)33-23(30)17-7-12-19(13-8-17)27(31)32/h1-14H,(H,25,28)(H,26,29)/b14-9+. The number of benzene rings is 3. The molecule has 0 unspecified atom stereocenters. The van der Waals surface area contributed by atoms with Gasteiger partial charge in [-0.1, -0.05) is 34.1 Å². The minimum Gasteiger partial charge on any atom is -0.422 e. The van der Waals surface area contributed by atoms with Gasteiger partial charge in [-0.3, -0.25) is 30.6 Å². The Hall–Kier alpha value is -4.31. The number of nitro benzene ring substituents is 1. The van der Waals surface area contributed by atoms with Crippen molar-refractivity contribution in [2.75, 3.05) is 0 Å². The summed E-state index contributed by atoms with van der Waals surface area (Å²) < 4.78 is 6.18. The lowest BCUT2D eigenvalue weighted by Crippen LogP contribution is -2.40. The summed E-state index contributed by atoms with van der Waals surface area (Å²) >= 11 is 3.27. The Morgan fingerprint density at radius 2 is 1.52 bits per heavy atom. The number of amides is 2. The fraction of sp³-hybridized carbons (Fsp3) is 0. The van der Waals surface area contributed by atoms with E-state index in [9.17, 15) is 24.5 Å². The highest BCUT2D eigenvalue weighted by atomic mass is 79.9. The zero-order valence-electron chi connectivity index (χ0n) is 16.9. The van der Waals surface area contributed by atoms with Crippen molar-refractivity contribution in [1.29, 1.82) is 0 Å². The van der Waals surface area contributed by atoms with Crippen LogP contribution < -0.4 is 15.6 Å². The van der Waals surface area contributed by atoms with Gasteiger partial charge < -0.3 is 4.74 Å². The van der Waals surface area contributed by atoms with Crippen molar-refractivity contribution in [1.82, 2.24) is 10.9 Å². The Morgan fingerprint density at radius 3 is 2.18 bits per heavy atom. The van der Waals surface area contributed by atoms with Gasteiger partial charge in [0.05, 0.1) is 10.5 Å². The summed E-state index contributed by atoms with van der Waals surface area (Å²) in [5.41, 5.74) is 5.35. The maximum absolute atomic E-state index is 12.4. The van der Waals surface area contributed by atoms with Crippen LogP contribution >= 0.6 is 15.9 Å². The van der Waals surface area contributed by atoms with E-state index in [4.69, 9.17) is 4.74 Å². The molecule has 0 spiro atoms. The number of nitrogens with zero attached hydrogens (tertiary/aromatic N) is 1. The van der Waals surface area contributed by atoms with E-state index in [0.717, 1.165) is 4.47 Å². The fourth-order valence-electron chi connectivity index (χ4n) is 2.59. The number of halogens is 1. The van der Waals surface area contributed by atoms with Crippen LogP contribution in [-0.2, 0) is 4.79 Å². The smallest absolute Gasteiger partial charge is 0.343 e. The highest BCUT2D eigenvalue weighted by Gasteiger charge is 2.13. The molecule has 33 heavy (non-hydrogen) atoms. The third-order valence-corrected chi connectivity index (χ3v) is 4.78. The Kier molecular flexibility index (Phi) is 7.66. The van der Waals surface area contributed by atoms with Crippen LogP contribution in [0.25, 0.3) is 6.08 Å². The molecule has 0 aliphatic carbocycles. The van der Waals surface area contributed by atoms with E-state index in [-0.39, 0.29) is 17.0 Å². The molecule has 0 fully saturated rings. The molecule has 0 aliphatic heterocycles. The minimum absolute atomic E-state index is 0.132. The number of rotatable bonds is 6. The number of nitro groups is 1. The average molecular weight is 510 g/mol. The van der Waals surface area contributed by atoms with E-state index in [1.807, 2.05) is 0 Å². The number of non-ortho nitro benzene ring substituents is 1. The van der Waals surface area contributed by atoms with Crippen LogP contribution in [0.1, 0.15) is 26.3 Å². The summed E-state index contributed by atoms with van der Waals surface area (Å²) in [7, 11) is 0. The zero-order chi connectivity index (χ0) is 23.8. The Morgan fingerprint density at radius 1 is 0.879 bits per heavy atom. The van der Waals surface area contributed by atoms with E-state index in [0.29, 0.717) is 11.1 Å². The first-order valence-electron chi connectivity index (χ1n) is 9.43. The normalized spacial score (nSPS) is 10.5. The van der Waals surface area contributed by atoms with Crippen LogP contribution in [0, 0.1) is 10.1 Å². The van der Waals surface area contributed by atoms with Crippen LogP contribution in [0.2, 0.25) is 0 Å². The second kappa shape index (κ2) is 10.8. The number of carbonyl (C=O) groups is 3. The predicted molar refractivity (Wildman–Crippen MR) is 123 cm³/mol. The molecule has 0 atom stereocenters. The molecule has 0 aromatic heterocycles. The van der Waals surface area contributed by atoms with Gasteiger partial charge in [-0.25, -0.2) is 4.79 Å². The molecule has 3 rings (SSSR count). The summed E-state index contributed by atoms with van der Waals surface area (Å²) in [5, 5.41) is 10.7. The van der Waals surface area contributed by atoms with E-state index < -0.39 is 22.7 Å². The van der Waals surface area contributed by atoms with Crippen LogP contribution in [0.5, 0.6) is 5.75 Å². The van der Waals surface area contributed by atoms with E-state index in [1.54, 1.807) is 42.5 Å². The van der Waals surface area contributed by atoms with Gasteiger partial charge in [0.1, 0.15) is 5.75 Å². The minimum atomic E-state index is -0.711. The van der Waals surface area contributed by atoms with Crippen molar-refractivity contribution in [3.63, 3.8) is 0 Å². The van der Waals surface area contributed by atoms with Crippen molar-refractivity contribution in [3.8, 4) is 5.75 Å². The van der Waals surface area contributed by atoms with Gasteiger partial charge in [0.2, 0.25) is 0 Å². The van der Waals surface area contributed by atoms with Crippen molar-refractivity contribution in [2.45, 2.75) is 0 Å². The van der Waals surface area contributed by atoms with Crippen LogP contribution in [0.15, 0.2) is 83.3 Å². The molecular weight excluding hydrogens is 494 g/mol. The zero-order valence-corrected chi connectivity index (χ0v) is 18.4. The lowest BCUT2D eigenvalue weighted by atomic mass is 10.1. The summed E-state index contributed by atoms with van der Waals surface area (Å²) in [6, 6.07) is 18.1. The van der Waals surface area contributed by atoms with Crippen molar-refractivity contribution in [2.24, 2.45) is 0 Å². The maximum atomic E-state index is 12.4. The largest absolute Gasteiger partial charge is 0.422 e. The Bertz CT molecular complexity index is 1220. The fourth-order valence-corrected chi connectivity index (χ4v) is 2.85. The van der Waals surface area contributed by atoms with Crippen molar-refractivity contribution >= 4 is 45.5 Å². The number of esters is 1. The second-order valence-electron chi connectivity index (χ2n) is 6.51. The quantitative estimate of drug-likeness (QED) is 0.169. The second-order valence-corrected chi connectivity index (χ2v) is 7.43. The molecule has 0 bridgehead atoms. The predicted octanol–water partition coefficient (Wildman–Crippen LogP) is 4.05. The summed E-state index contributed by atoms with van der Waals surface area (Å²) in [6.45, 7) is 0. The third kappa shape index (κ3) is 6.58. The number of carbonyl (C=O) groups excluding carboxylic acids is 3. The molecule has 0 saturated carbocycles. The number of para-hydroxylation sites is 1. The van der Waals surface area contributed by atoms with Crippen LogP contribution in [0.4, 0.5) is 5.69 Å². The first kappa shape index (κ1) is 23.4. The first-order valence-corrected chi connectivity index (χ1v) is 10.2. The summed E-state index contributed by atoms with van der Waals surface area (Å²) in [4.78, 5) is 46.7. The van der Waals surface area contributed by atoms with Gasteiger partial charge in [0, 0.05) is 33.8 Å². The molecule has 0 heterocycles. The van der Waals surface area contributed by atoms with Gasteiger partial charge in [-0.15, -0.1) is 0 Å². The summed E-state index contributed by atoms with van der Waals surface area (Å²) in [6.07, 6.45) is 2.58. The van der Waals surface area contributed by atoms with Crippen molar-refractivity contribution < 1.29 is 24.0 Å². The average Bonchev–Trinajstić information content (AvgIpc) is 2.82. The molecule has 0 radical (unpaired) electrons. The number of hydrogen-bond donors (Lipinski definition) is 2. The van der Waals surface area contributed by atoms with Gasteiger partial charge in [0.15, 0.2) is 0 Å². The SMILES string of the molecule is O=C(/C=C/c1ccccc1OC(=O)c1ccc([N+](=O)[O-])cc1)NNC(=O)c1ccc(Br)cc1. The Labute approximate surface area is 196 Å². The number of hydrogen-bond acceptors (Lipinski definition) is 6. The lowest BCUT2D eigenvalue weighted by molar-refractivity contribution is -0.384. The Balaban J connectivity index is 1.61. The highest BCUT2D eigenvalue weighted by molar-refractivity contribution is 9.10. The van der Waals surface area contributed by atoms with Crippen LogP contribution in [-0.4, -0.2) is 22.7 Å². The highest BCUT2D eigenvalue weighted by Crippen LogP contribution is 2.21. The summed E-state index contributed by atoms with van der Waals surface area (Å²) in [5.74, 6) is -1.61. The van der Waals surface area contributed by atoms with E-state index in [1.165, 1.54) is 42.5 Å². The van der Waals surface area contributed by atoms with Gasteiger partial charge in [0.25, 0.3) is 17.5 Å². The van der Waals surface area contributed by atoms with Gasteiger partial charge >= 0.3 is 5.97 Å². The van der Waals surface area contributed by atoms with Gasteiger partial charge in [-0.2, -0.15) is 0 Å². The lowest BCUT2D eigenvalue weighted by Gasteiger charge is -2.08. The van der Waals surface area contributed by atoms with Crippen LogP contribution in [0.3, 0.4) is 0 Å². The molecule has 2 N–H and O–H groups in total. The molecular formula is C23H16BrN3O6. The monoisotopic (exact) mass is 509 g/mol. The molecule has 3 aromatic rings. The molecule has 166 valence electrons. The van der Waals surface area contributed by atoms with E-state index in [2.05, 4.69) is 26.8 Å². The molecule has 10 heteroatoms. The third-order valence-electron chi connectivity index (χ3n) is 4.26. The number of ether oxygens (including phenoxy) is 1. The van der Waals surface area contributed by atoms with Crippen molar-refractivity contribution in [3.05, 3.63) is 110 Å². The molecule has 0 aliphatic rings. The van der Waals surface area contributed by atoms with Gasteiger partial charge in [-0.05, 0) is 48.5 Å². The number of nitrogens with one attached hydrogen (secondary N) is 2. The molecule has 0 saturated heterocycles. The maximum Gasteiger partial charge on any atom is 0.343 e. The molecule has 2 amide bonds. The first-order chi connectivity index (χ1) is 15.8. The number of hydrazine groups is 1. The van der Waals surface area contributed by atoms with E-state index >= 15 is 0 Å². The topological polar surface area (TPSA) is 128 Å². The molecule has 9 nitrogen and oxygen atoms in total. The molecule has 3 aromatic carbocycles.